The maximum atomic E-state index is 12.7. The highest BCUT2D eigenvalue weighted by atomic mass is 35.5. The van der Waals surface area contributed by atoms with Gasteiger partial charge in [-0.15, -0.1) is 11.3 Å². The van der Waals surface area contributed by atoms with E-state index in [0.29, 0.717) is 43.5 Å². The highest BCUT2D eigenvalue weighted by Crippen LogP contribution is 2.31. The van der Waals surface area contributed by atoms with Crippen LogP contribution in [0.3, 0.4) is 0 Å². The van der Waals surface area contributed by atoms with Crippen molar-refractivity contribution in [3.63, 3.8) is 0 Å². The van der Waals surface area contributed by atoms with E-state index in [-0.39, 0.29) is 0 Å². The Balaban J connectivity index is 1.43. The number of hydrogen-bond acceptors (Lipinski definition) is 7. The number of nitrogens with zero attached hydrogens (tertiary/aromatic N) is 4. The summed E-state index contributed by atoms with van der Waals surface area (Å²) in [4.78, 5) is 17.3. The number of hydrogen-bond donors (Lipinski definition) is 0. The molecular formula is C31H19ClN4O3S. The number of aromatic nitrogens is 3. The van der Waals surface area contributed by atoms with Gasteiger partial charge in [-0.1, -0.05) is 29.8 Å². The fourth-order valence-electron chi connectivity index (χ4n) is 4.27. The van der Waals surface area contributed by atoms with Crippen LogP contribution in [0.25, 0.3) is 50.8 Å². The topological polar surface area (TPSA) is 93.9 Å². The van der Waals surface area contributed by atoms with Crippen molar-refractivity contribution in [2.45, 2.75) is 0 Å². The predicted octanol–water partition coefficient (Wildman–Crippen LogP) is 7.50. The van der Waals surface area contributed by atoms with Crippen molar-refractivity contribution in [2.24, 2.45) is 0 Å². The molecule has 9 heteroatoms. The van der Waals surface area contributed by atoms with E-state index >= 15 is 0 Å². The monoisotopic (exact) mass is 562 g/mol. The van der Waals surface area contributed by atoms with Crippen LogP contribution < -0.4 is 10.4 Å². The minimum atomic E-state index is -0.514. The van der Waals surface area contributed by atoms with Crippen LogP contribution in [0, 0.1) is 11.3 Å². The van der Waals surface area contributed by atoms with Crippen molar-refractivity contribution in [1.82, 2.24) is 14.8 Å². The summed E-state index contributed by atoms with van der Waals surface area (Å²) in [6.07, 6.45) is 3.64. The van der Waals surface area contributed by atoms with Gasteiger partial charge in [-0.2, -0.15) is 10.4 Å². The summed E-state index contributed by atoms with van der Waals surface area (Å²) in [5.74, 6) is 0.733. The molecule has 0 aliphatic rings. The third kappa shape index (κ3) is 4.92. The van der Waals surface area contributed by atoms with E-state index < -0.39 is 5.63 Å². The molecule has 6 rings (SSSR count). The normalized spacial score (nSPS) is 11.5. The molecule has 0 saturated heterocycles. The zero-order valence-corrected chi connectivity index (χ0v) is 22.6. The molecule has 0 amide bonds. The fraction of sp³-hybridized carbons (Fsp3) is 0.0323. The van der Waals surface area contributed by atoms with Gasteiger partial charge in [0.05, 0.1) is 35.3 Å². The molecule has 6 aromatic rings. The Bertz CT molecular complexity index is 1980. The van der Waals surface area contributed by atoms with E-state index in [2.05, 4.69) is 11.1 Å². The first-order valence-corrected chi connectivity index (χ1v) is 13.4. The van der Waals surface area contributed by atoms with Crippen molar-refractivity contribution >= 4 is 45.6 Å². The molecule has 0 aliphatic carbocycles. The summed E-state index contributed by atoms with van der Waals surface area (Å²) in [6.45, 7) is 0. The van der Waals surface area contributed by atoms with Gasteiger partial charge in [0.2, 0.25) is 0 Å². The van der Waals surface area contributed by atoms with Crippen LogP contribution in [-0.4, -0.2) is 21.9 Å². The van der Waals surface area contributed by atoms with E-state index in [1.54, 1.807) is 47.5 Å². The van der Waals surface area contributed by atoms with Crippen molar-refractivity contribution in [3.05, 3.63) is 116 Å². The van der Waals surface area contributed by atoms with Gasteiger partial charge in [-0.3, -0.25) is 0 Å². The summed E-state index contributed by atoms with van der Waals surface area (Å²) in [5.41, 5.74) is 4.17. The van der Waals surface area contributed by atoms with E-state index in [9.17, 15) is 10.1 Å². The lowest BCUT2D eigenvalue weighted by atomic mass is 10.1. The third-order valence-corrected chi connectivity index (χ3v) is 7.36. The first-order valence-electron chi connectivity index (χ1n) is 12.1. The summed E-state index contributed by atoms with van der Waals surface area (Å²) < 4.78 is 12.6. The van der Waals surface area contributed by atoms with Gasteiger partial charge in [0.1, 0.15) is 22.4 Å². The van der Waals surface area contributed by atoms with Gasteiger partial charge < -0.3 is 9.15 Å². The van der Waals surface area contributed by atoms with Crippen LogP contribution in [0.4, 0.5) is 0 Å². The van der Waals surface area contributed by atoms with E-state index in [1.165, 1.54) is 11.3 Å². The van der Waals surface area contributed by atoms with E-state index in [4.69, 9.17) is 25.9 Å². The number of fused-ring (bicyclic) bond motifs is 1. The smallest absolute Gasteiger partial charge is 0.345 e. The first kappa shape index (κ1) is 25.3. The molecule has 0 aliphatic heterocycles. The molecule has 0 bridgehead atoms. The van der Waals surface area contributed by atoms with E-state index in [1.807, 2.05) is 60.8 Å². The van der Waals surface area contributed by atoms with Gasteiger partial charge in [0, 0.05) is 33.1 Å². The maximum absolute atomic E-state index is 12.7. The Labute approximate surface area is 237 Å². The number of para-hydroxylation sites is 1. The Hall–Kier alpha value is -4.97. The second-order valence-electron chi connectivity index (χ2n) is 8.78. The fourth-order valence-corrected chi connectivity index (χ4v) is 5.24. The molecule has 194 valence electrons. The molecule has 0 spiro atoms. The molecular weight excluding hydrogens is 544 g/mol. The molecule has 3 aromatic heterocycles. The number of nitriles is 1. The van der Waals surface area contributed by atoms with Crippen LogP contribution in [-0.2, 0) is 0 Å². The highest BCUT2D eigenvalue weighted by molar-refractivity contribution is 7.11. The summed E-state index contributed by atoms with van der Waals surface area (Å²) in [5, 5.41) is 18.4. The van der Waals surface area contributed by atoms with Gasteiger partial charge in [0.25, 0.3) is 0 Å². The summed E-state index contributed by atoms with van der Waals surface area (Å²) in [7, 11) is 1.62. The lowest BCUT2D eigenvalue weighted by molar-refractivity contribution is 0.415. The number of allylic oxidation sites excluding steroid dienone is 1. The average molecular weight is 563 g/mol. The number of benzene rings is 3. The number of thiazole rings is 1. The second kappa shape index (κ2) is 10.7. The third-order valence-electron chi connectivity index (χ3n) is 6.25. The van der Waals surface area contributed by atoms with Gasteiger partial charge in [-0.05, 0) is 66.7 Å². The molecule has 7 nitrogen and oxygen atoms in total. The van der Waals surface area contributed by atoms with Crippen molar-refractivity contribution in [2.75, 3.05) is 7.11 Å². The molecule has 0 fully saturated rings. The zero-order valence-electron chi connectivity index (χ0n) is 21.0. The molecule has 0 unspecified atom stereocenters. The Kier molecular flexibility index (Phi) is 6.74. The minimum absolute atomic E-state index is 0.297. The number of halogens is 1. The van der Waals surface area contributed by atoms with Crippen molar-refractivity contribution in [1.29, 1.82) is 5.26 Å². The molecule has 0 radical (unpaired) electrons. The van der Waals surface area contributed by atoms with Crippen molar-refractivity contribution in [3.8, 4) is 40.0 Å². The summed E-state index contributed by atoms with van der Waals surface area (Å²) >= 11 is 7.39. The zero-order chi connectivity index (χ0) is 27.6. The van der Waals surface area contributed by atoms with Crippen LogP contribution in [0.5, 0.6) is 5.75 Å². The SMILES string of the molecule is COc1ccc(-c2nn(-c3ccccc3)cc2C=C(C#N)c2nc(-c3cc4cc(Cl)ccc4oc3=O)cs2)cc1. The van der Waals surface area contributed by atoms with Gasteiger partial charge in [0.15, 0.2) is 0 Å². The van der Waals surface area contributed by atoms with Crippen LogP contribution >= 0.6 is 22.9 Å². The highest BCUT2D eigenvalue weighted by Gasteiger charge is 2.17. The number of rotatable bonds is 6. The maximum Gasteiger partial charge on any atom is 0.345 e. The molecule has 0 saturated carbocycles. The second-order valence-corrected chi connectivity index (χ2v) is 10.1. The largest absolute Gasteiger partial charge is 0.497 e. The Morgan fingerprint density at radius 3 is 2.65 bits per heavy atom. The average Bonchev–Trinajstić information content (AvgIpc) is 3.64. The number of methoxy groups -OCH3 is 1. The quantitative estimate of drug-likeness (QED) is 0.154. The molecule has 3 aromatic carbocycles. The standard InChI is InChI=1S/C31H19ClN4O3S/c1-38-25-10-7-19(8-11-25)29-22(17-36(35-29)24-5-3-2-4-6-24)13-21(16-33)30-34-27(18-40-30)26-15-20-14-23(32)9-12-28(20)39-31(26)37/h2-15,17-18H,1H3. The lowest BCUT2D eigenvalue weighted by Crippen LogP contribution is -2.02. The Morgan fingerprint density at radius 2 is 1.90 bits per heavy atom. The van der Waals surface area contributed by atoms with E-state index in [0.717, 1.165) is 22.6 Å². The Morgan fingerprint density at radius 1 is 1.10 bits per heavy atom. The molecule has 40 heavy (non-hydrogen) atoms. The van der Waals surface area contributed by atoms with Gasteiger partial charge >= 0.3 is 5.63 Å². The number of ether oxygens (including phenoxy) is 1. The molecule has 0 atom stereocenters. The molecule has 0 N–H and O–H groups in total. The lowest BCUT2D eigenvalue weighted by Gasteiger charge is -2.03. The van der Waals surface area contributed by atoms with Crippen LogP contribution in [0.15, 0.2) is 99.7 Å². The van der Waals surface area contributed by atoms with Crippen LogP contribution in [0.2, 0.25) is 5.02 Å². The first-order chi connectivity index (χ1) is 19.5. The summed E-state index contributed by atoms with van der Waals surface area (Å²) in [6, 6.07) is 26.3. The minimum Gasteiger partial charge on any atom is -0.497 e. The van der Waals surface area contributed by atoms with Crippen LogP contribution in [0.1, 0.15) is 10.6 Å². The van der Waals surface area contributed by atoms with Gasteiger partial charge in [-0.25, -0.2) is 14.5 Å². The van der Waals surface area contributed by atoms with Crippen molar-refractivity contribution < 1.29 is 9.15 Å². The molecule has 3 heterocycles. The predicted molar refractivity (Wildman–Crippen MR) is 158 cm³/mol.